The van der Waals surface area contributed by atoms with Gasteiger partial charge < -0.3 is 0 Å². The van der Waals surface area contributed by atoms with Gasteiger partial charge in [-0.3, -0.25) is 4.79 Å². The van der Waals surface area contributed by atoms with Gasteiger partial charge in [-0.1, -0.05) is 55.5 Å². The summed E-state index contributed by atoms with van der Waals surface area (Å²) in [5.74, 6) is -0.155. The zero-order chi connectivity index (χ0) is 16.6. The molecule has 0 atom stereocenters. The number of rotatable bonds is 4. The molecule has 3 rings (SSSR count). The molecule has 2 aromatic heterocycles. The van der Waals surface area contributed by atoms with Crippen LogP contribution in [0.1, 0.15) is 30.9 Å². The van der Waals surface area contributed by atoms with Gasteiger partial charge in [0.1, 0.15) is 0 Å². The van der Waals surface area contributed by atoms with Gasteiger partial charge in [0.15, 0.2) is 0 Å². The van der Waals surface area contributed by atoms with Crippen LogP contribution in [0, 0.1) is 0 Å². The van der Waals surface area contributed by atoms with Crippen molar-refractivity contribution < 1.29 is 8.42 Å². The summed E-state index contributed by atoms with van der Waals surface area (Å²) in [7, 11) is -3.62. The second-order valence-electron chi connectivity index (χ2n) is 5.48. The normalized spacial score (nSPS) is 12.1. The highest BCUT2D eigenvalue weighted by molar-refractivity contribution is 7.92. The van der Waals surface area contributed by atoms with Gasteiger partial charge in [-0.05, 0) is 11.5 Å². The first-order valence-electron chi connectivity index (χ1n) is 7.04. The van der Waals surface area contributed by atoms with E-state index in [1.807, 2.05) is 19.9 Å². The largest absolute Gasteiger partial charge is 0.278 e. The van der Waals surface area contributed by atoms with E-state index in [-0.39, 0.29) is 26.5 Å². The number of aromatic nitrogens is 3. The van der Waals surface area contributed by atoms with E-state index in [0.717, 1.165) is 15.9 Å². The van der Waals surface area contributed by atoms with Crippen molar-refractivity contribution in [3.05, 3.63) is 58.0 Å². The molecule has 6 nitrogen and oxygen atoms in total. The van der Waals surface area contributed by atoms with E-state index in [9.17, 15) is 13.2 Å². The predicted molar refractivity (Wildman–Crippen MR) is 88.6 cm³/mol. The molecule has 0 amide bonds. The molecule has 0 radical (unpaired) electrons. The Balaban J connectivity index is 2.07. The molecule has 0 saturated carbocycles. The Hall–Kier alpha value is -2.06. The SMILES string of the molecule is CC(C)c1cnc2sc(S(=O)(=O)Cc3ccccc3)nn2c1=O. The van der Waals surface area contributed by atoms with E-state index in [1.165, 1.54) is 6.20 Å². The van der Waals surface area contributed by atoms with Crippen LogP contribution in [0.3, 0.4) is 0 Å². The Labute approximate surface area is 137 Å². The number of benzene rings is 1. The summed E-state index contributed by atoms with van der Waals surface area (Å²) < 4.78 is 26.0. The summed E-state index contributed by atoms with van der Waals surface area (Å²) in [5.41, 5.74) is 0.872. The Bertz CT molecular complexity index is 1010. The van der Waals surface area contributed by atoms with E-state index < -0.39 is 9.84 Å². The van der Waals surface area contributed by atoms with E-state index in [0.29, 0.717) is 11.1 Å². The lowest BCUT2D eigenvalue weighted by atomic mass is 10.1. The molecule has 0 aliphatic heterocycles. The highest BCUT2D eigenvalue weighted by atomic mass is 32.2. The highest BCUT2D eigenvalue weighted by Gasteiger charge is 2.22. The van der Waals surface area contributed by atoms with Gasteiger partial charge in [-0.2, -0.15) is 4.52 Å². The van der Waals surface area contributed by atoms with Crippen molar-refractivity contribution in [3.8, 4) is 0 Å². The van der Waals surface area contributed by atoms with Crippen LogP contribution >= 0.6 is 11.3 Å². The molecule has 1 aromatic carbocycles. The minimum Gasteiger partial charge on any atom is -0.267 e. The molecule has 0 fully saturated rings. The Morgan fingerprint density at radius 3 is 2.57 bits per heavy atom. The fourth-order valence-corrected chi connectivity index (χ4v) is 4.62. The van der Waals surface area contributed by atoms with Crippen molar-refractivity contribution in [2.75, 3.05) is 0 Å². The maximum absolute atomic E-state index is 12.5. The van der Waals surface area contributed by atoms with Crippen molar-refractivity contribution in [1.29, 1.82) is 0 Å². The third kappa shape index (κ3) is 3.04. The number of hydrogen-bond donors (Lipinski definition) is 0. The maximum atomic E-state index is 12.5. The molecular formula is C15H15N3O3S2. The number of fused-ring (bicyclic) bond motifs is 1. The third-order valence-corrected chi connectivity index (χ3v) is 6.44. The lowest BCUT2D eigenvalue weighted by molar-refractivity contribution is 0.592. The van der Waals surface area contributed by atoms with Crippen molar-refractivity contribution in [2.24, 2.45) is 0 Å². The maximum Gasteiger partial charge on any atom is 0.278 e. The molecule has 0 unspecified atom stereocenters. The fraction of sp³-hybridized carbons (Fsp3) is 0.267. The third-order valence-electron chi connectivity index (χ3n) is 3.38. The van der Waals surface area contributed by atoms with Gasteiger partial charge in [0.25, 0.3) is 5.56 Å². The van der Waals surface area contributed by atoms with E-state index in [2.05, 4.69) is 10.1 Å². The van der Waals surface area contributed by atoms with Gasteiger partial charge in [-0.15, -0.1) is 5.10 Å². The molecule has 0 aliphatic rings. The molecule has 23 heavy (non-hydrogen) atoms. The topological polar surface area (TPSA) is 81.4 Å². The zero-order valence-electron chi connectivity index (χ0n) is 12.6. The van der Waals surface area contributed by atoms with Crippen LogP contribution in [0.25, 0.3) is 4.96 Å². The summed E-state index contributed by atoms with van der Waals surface area (Å²) in [6.07, 6.45) is 1.49. The quantitative estimate of drug-likeness (QED) is 0.721. The number of sulfone groups is 1. The predicted octanol–water partition coefficient (Wildman–Crippen LogP) is 2.25. The van der Waals surface area contributed by atoms with Gasteiger partial charge in [0.05, 0.1) is 5.75 Å². The molecule has 0 saturated heterocycles. The summed E-state index contributed by atoms with van der Waals surface area (Å²) >= 11 is 0.911. The number of hydrogen-bond acceptors (Lipinski definition) is 6. The van der Waals surface area contributed by atoms with Crippen LogP contribution in [-0.2, 0) is 15.6 Å². The smallest absolute Gasteiger partial charge is 0.267 e. The second-order valence-corrected chi connectivity index (χ2v) is 8.60. The summed E-state index contributed by atoms with van der Waals surface area (Å²) in [6, 6.07) is 8.87. The molecular weight excluding hydrogens is 334 g/mol. The fourth-order valence-electron chi connectivity index (χ4n) is 2.16. The van der Waals surface area contributed by atoms with Crippen LogP contribution in [0.15, 0.2) is 45.7 Å². The van der Waals surface area contributed by atoms with E-state index in [1.54, 1.807) is 24.3 Å². The molecule has 2 heterocycles. The Morgan fingerprint density at radius 2 is 1.91 bits per heavy atom. The molecule has 0 bridgehead atoms. The van der Waals surface area contributed by atoms with Crippen molar-refractivity contribution in [2.45, 2.75) is 29.9 Å². The van der Waals surface area contributed by atoms with Crippen LogP contribution in [0.5, 0.6) is 0 Å². The second kappa shape index (κ2) is 5.86. The Kier molecular flexibility index (Phi) is 4.03. The first-order chi connectivity index (χ1) is 10.9. The van der Waals surface area contributed by atoms with Gasteiger partial charge in [0.2, 0.25) is 19.1 Å². The van der Waals surface area contributed by atoms with Crippen molar-refractivity contribution in [1.82, 2.24) is 14.6 Å². The van der Waals surface area contributed by atoms with Crippen molar-refractivity contribution in [3.63, 3.8) is 0 Å². The van der Waals surface area contributed by atoms with E-state index >= 15 is 0 Å². The highest BCUT2D eigenvalue weighted by Crippen LogP contribution is 2.21. The molecule has 0 aliphatic carbocycles. The summed E-state index contributed by atoms with van der Waals surface area (Å²) in [4.78, 5) is 16.8. The van der Waals surface area contributed by atoms with Gasteiger partial charge >= 0.3 is 0 Å². The average molecular weight is 349 g/mol. The summed E-state index contributed by atoms with van der Waals surface area (Å²) in [5, 5.41) is 4.00. The van der Waals surface area contributed by atoms with Gasteiger partial charge in [0, 0.05) is 11.8 Å². The molecule has 0 spiro atoms. The lowest BCUT2D eigenvalue weighted by Crippen LogP contribution is -2.20. The summed E-state index contributed by atoms with van der Waals surface area (Å²) in [6.45, 7) is 3.76. The molecule has 120 valence electrons. The van der Waals surface area contributed by atoms with Crippen LogP contribution in [0.2, 0.25) is 0 Å². The first-order valence-corrected chi connectivity index (χ1v) is 9.51. The monoisotopic (exact) mass is 349 g/mol. The number of nitrogens with zero attached hydrogens (tertiary/aromatic N) is 3. The lowest BCUT2D eigenvalue weighted by Gasteiger charge is -2.02. The first kappa shape index (κ1) is 15.8. The van der Waals surface area contributed by atoms with Crippen LogP contribution < -0.4 is 5.56 Å². The van der Waals surface area contributed by atoms with E-state index in [4.69, 9.17) is 0 Å². The van der Waals surface area contributed by atoms with Gasteiger partial charge in [-0.25, -0.2) is 13.4 Å². The minimum atomic E-state index is -3.62. The molecule has 3 aromatic rings. The van der Waals surface area contributed by atoms with Crippen molar-refractivity contribution >= 4 is 26.1 Å². The molecule has 0 N–H and O–H groups in total. The standard InChI is InChI=1S/C15H15N3O3S2/c1-10(2)12-8-16-14-18(13(12)19)17-15(22-14)23(20,21)9-11-6-4-3-5-7-11/h3-8,10H,9H2,1-2H3. The molecule has 8 heteroatoms. The average Bonchev–Trinajstić information content (AvgIpc) is 2.94. The van der Waals surface area contributed by atoms with Crippen LogP contribution in [-0.4, -0.2) is 23.0 Å². The Morgan fingerprint density at radius 1 is 1.22 bits per heavy atom. The minimum absolute atomic E-state index is 0.00187. The van der Waals surface area contributed by atoms with Crippen LogP contribution in [0.4, 0.5) is 0 Å². The zero-order valence-corrected chi connectivity index (χ0v) is 14.3.